The minimum absolute atomic E-state index is 0.0493. The summed E-state index contributed by atoms with van der Waals surface area (Å²) in [6, 6.07) is 7.33. The topological polar surface area (TPSA) is 49.3 Å². The van der Waals surface area contributed by atoms with Crippen LogP contribution < -0.4 is 5.32 Å². The van der Waals surface area contributed by atoms with Crippen molar-refractivity contribution in [1.82, 2.24) is 5.32 Å². The van der Waals surface area contributed by atoms with E-state index in [1.165, 1.54) is 0 Å². The first-order chi connectivity index (χ1) is 8.90. The van der Waals surface area contributed by atoms with Gasteiger partial charge in [-0.25, -0.2) is 0 Å². The van der Waals surface area contributed by atoms with Gasteiger partial charge in [-0.3, -0.25) is 4.79 Å². The second kappa shape index (κ2) is 7.53. The number of hydrogen-bond acceptors (Lipinski definition) is 2. The van der Waals surface area contributed by atoms with E-state index in [-0.39, 0.29) is 28.4 Å². The molecule has 0 aromatic heterocycles. The highest BCUT2D eigenvalue weighted by Crippen LogP contribution is 2.14. The van der Waals surface area contributed by atoms with E-state index >= 15 is 0 Å². The maximum absolute atomic E-state index is 11.9. The molecule has 106 valence electrons. The first kappa shape index (κ1) is 16.0. The molecule has 1 aromatic rings. The molecule has 19 heavy (non-hydrogen) atoms. The molecule has 0 saturated heterocycles. The smallest absolute Gasteiger partial charge is 0.234 e. The molecule has 2 unspecified atom stereocenters. The Kier molecular flexibility index (Phi) is 6.35. The molecule has 1 rings (SSSR count). The first-order valence-corrected chi connectivity index (χ1v) is 7.54. The summed E-state index contributed by atoms with van der Waals surface area (Å²) in [6.07, 6.45) is 1.77. The Bertz CT molecular complexity index is 403. The van der Waals surface area contributed by atoms with Gasteiger partial charge in [-0.2, -0.15) is 0 Å². The lowest BCUT2D eigenvalue weighted by molar-refractivity contribution is -0.121. The second-order valence-corrected chi connectivity index (χ2v) is 6.25. The predicted octanol–water partition coefficient (Wildman–Crippen LogP) is 3.25. The SMILES string of the molecule is CC(CCc1ccc(O)cc1)NC(=O)C(Br)C(C)C. The standard InChI is InChI=1S/C15H22BrNO2/c1-10(2)14(16)15(19)17-11(3)4-5-12-6-8-13(18)9-7-12/h6-11,14,18H,4-5H2,1-3H3,(H,17,19). The number of aryl methyl sites for hydroxylation is 1. The zero-order valence-electron chi connectivity index (χ0n) is 11.7. The molecule has 0 aliphatic carbocycles. The van der Waals surface area contributed by atoms with Crippen LogP contribution in [0.25, 0.3) is 0 Å². The van der Waals surface area contributed by atoms with Gasteiger partial charge in [0.2, 0.25) is 5.91 Å². The number of nitrogens with one attached hydrogen (secondary N) is 1. The monoisotopic (exact) mass is 327 g/mol. The van der Waals surface area contributed by atoms with Crippen molar-refractivity contribution in [2.75, 3.05) is 0 Å². The van der Waals surface area contributed by atoms with Crippen molar-refractivity contribution in [2.24, 2.45) is 5.92 Å². The first-order valence-electron chi connectivity index (χ1n) is 6.62. The molecule has 0 aliphatic heterocycles. The van der Waals surface area contributed by atoms with Crippen LogP contribution in [0.2, 0.25) is 0 Å². The van der Waals surface area contributed by atoms with Crippen molar-refractivity contribution in [3.8, 4) is 5.75 Å². The summed E-state index contributed by atoms with van der Waals surface area (Å²) in [5.74, 6) is 0.613. The van der Waals surface area contributed by atoms with Gasteiger partial charge >= 0.3 is 0 Å². The normalized spacial score (nSPS) is 14.2. The molecule has 0 heterocycles. The highest BCUT2D eigenvalue weighted by atomic mass is 79.9. The molecule has 0 aliphatic rings. The number of phenolic OH excluding ortho intramolecular Hbond substituents is 1. The molecular formula is C15H22BrNO2. The Morgan fingerprint density at radius 3 is 2.37 bits per heavy atom. The van der Waals surface area contributed by atoms with Crippen molar-refractivity contribution in [3.05, 3.63) is 29.8 Å². The van der Waals surface area contributed by atoms with Crippen LogP contribution in [0.3, 0.4) is 0 Å². The molecule has 0 bridgehead atoms. The average molecular weight is 328 g/mol. The number of halogens is 1. The Labute approximate surface area is 123 Å². The fourth-order valence-electron chi connectivity index (χ4n) is 1.74. The van der Waals surface area contributed by atoms with Crippen LogP contribution in [0.5, 0.6) is 5.75 Å². The summed E-state index contributed by atoms with van der Waals surface area (Å²) >= 11 is 3.40. The molecule has 0 saturated carbocycles. The molecule has 0 spiro atoms. The van der Waals surface area contributed by atoms with E-state index in [4.69, 9.17) is 0 Å². The van der Waals surface area contributed by atoms with Gasteiger partial charge in [0.15, 0.2) is 0 Å². The van der Waals surface area contributed by atoms with Crippen molar-refractivity contribution in [3.63, 3.8) is 0 Å². The van der Waals surface area contributed by atoms with E-state index in [9.17, 15) is 9.90 Å². The molecule has 0 radical (unpaired) electrons. The summed E-state index contributed by atoms with van der Waals surface area (Å²) in [5, 5.41) is 12.2. The third-order valence-corrected chi connectivity index (χ3v) is 4.50. The van der Waals surface area contributed by atoms with Crippen LogP contribution in [0, 0.1) is 5.92 Å². The molecule has 2 atom stereocenters. The number of rotatable bonds is 6. The predicted molar refractivity (Wildman–Crippen MR) is 81.6 cm³/mol. The molecule has 1 amide bonds. The van der Waals surface area contributed by atoms with Crippen LogP contribution in [-0.4, -0.2) is 21.9 Å². The number of phenols is 1. The van der Waals surface area contributed by atoms with Crippen molar-refractivity contribution < 1.29 is 9.90 Å². The summed E-state index contributed by atoms with van der Waals surface area (Å²) in [4.78, 5) is 11.7. The molecule has 0 fully saturated rings. The quantitative estimate of drug-likeness (QED) is 0.788. The van der Waals surface area contributed by atoms with Crippen LogP contribution in [0.1, 0.15) is 32.8 Å². The largest absolute Gasteiger partial charge is 0.508 e. The lowest BCUT2D eigenvalue weighted by atomic mass is 10.1. The van der Waals surface area contributed by atoms with Gasteiger partial charge in [0, 0.05) is 6.04 Å². The third kappa shape index (κ3) is 5.64. The van der Waals surface area contributed by atoms with Gasteiger partial charge in [0.25, 0.3) is 0 Å². The number of aromatic hydroxyl groups is 1. The highest BCUT2D eigenvalue weighted by molar-refractivity contribution is 9.10. The van der Waals surface area contributed by atoms with Gasteiger partial charge in [0.05, 0.1) is 4.83 Å². The molecule has 3 nitrogen and oxygen atoms in total. The van der Waals surface area contributed by atoms with Gasteiger partial charge in [-0.15, -0.1) is 0 Å². The fourth-order valence-corrected chi connectivity index (χ4v) is 1.88. The number of alkyl halides is 1. The van der Waals surface area contributed by atoms with Crippen molar-refractivity contribution in [1.29, 1.82) is 0 Å². The number of hydrogen-bond donors (Lipinski definition) is 2. The summed E-state index contributed by atoms with van der Waals surface area (Å²) in [6.45, 7) is 6.04. The van der Waals surface area contributed by atoms with Crippen molar-refractivity contribution >= 4 is 21.8 Å². The third-order valence-electron chi connectivity index (χ3n) is 3.03. The minimum atomic E-state index is -0.136. The van der Waals surface area contributed by atoms with Gasteiger partial charge in [0.1, 0.15) is 5.75 Å². The second-order valence-electron chi connectivity index (χ2n) is 5.26. The van der Waals surface area contributed by atoms with E-state index in [0.29, 0.717) is 0 Å². The number of benzene rings is 1. The fraction of sp³-hybridized carbons (Fsp3) is 0.533. The summed E-state index contributed by atoms with van der Waals surface area (Å²) < 4.78 is 0. The molecule has 1 aromatic carbocycles. The van der Waals surface area contributed by atoms with Crippen LogP contribution in [-0.2, 0) is 11.2 Å². The summed E-state index contributed by atoms with van der Waals surface area (Å²) in [5.41, 5.74) is 1.16. The Morgan fingerprint density at radius 2 is 1.84 bits per heavy atom. The van der Waals surface area contributed by atoms with E-state index in [1.807, 2.05) is 32.9 Å². The van der Waals surface area contributed by atoms with Crippen molar-refractivity contribution in [2.45, 2.75) is 44.5 Å². The van der Waals surface area contributed by atoms with Gasteiger partial charge in [-0.1, -0.05) is 41.9 Å². The lowest BCUT2D eigenvalue weighted by Gasteiger charge is -2.18. The van der Waals surface area contributed by atoms with E-state index in [0.717, 1.165) is 18.4 Å². The molecular weight excluding hydrogens is 306 g/mol. The van der Waals surface area contributed by atoms with E-state index in [2.05, 4.69) is 21.2 Å². The number of carbonyl (C=O) groups excluding carboxylic acids is 1. The van der Waals surface area contributed by atoms with E-state index in [1.54, 1.807) is 12.1 Å². The average Bonchev–Trinajstić information content (AvgIpc) is 2.37. The number of carbonyl (C=O) groups is 1. The molecule has 2 N–H and O–H groups in total. The maximum Gasteiger partial charge on any atom is 0.234 e. The highest BCUT2D eigenvalue weighted by Gasteiger charge is 2.19. The Hall–Kier alpha value is -1.03. The lowest BCUT2D eigenvalue weighted by Crippen LogP contribution is -2.39. The van der Waals surface area contributed by atoms with Crippen LogP contribution in [0.15, 0.2) is 24.3 Å². The maximum atomic E-state index is 11.9. The van der Waals surface area contributed by atoms with Crippen LogP contribution >= 0.6 is 15.9 Å². The Balaban J connectivity index is 2.37. The summed E-state index contributed by atoms with van der Waals surface area (Å²) in [7, 11) is 0. The Morgan fingerprint density at radius 1 is 1.26 bits per heavy atom. The number of amides is 1. The molecule has 4 heteroatoms. The zero-order chi connectivity index (χ0) is 14.4. The van der Waals surface area contributed by atoms with Gasteiger partial charge < -0.3 is 10.4 Å². The minimum Gasteiger partial charge on any atom is -0.508 e. The van der Waals surface area contributed by atoms with E-state index < -0.39 is 0 Å². The zero-order valence-corrected chi connectivity index (χ0v) is 13.3. The van der Waals surface area contributed by atoms with Gasteiger partial charge in [-0.05, 0) is 43.4 Å². The van der Waals surface area contributed by atoms with Crippen LogP contribution in [0.4, 0.5) is 0 Å².